The highest BCUT2D eigenvalue weighted by atomic mass is 35.5. The van der Waals surface area contributed by atoms with Crippen LogP contribution >= 0.6 is 11.6 Å². The normalized spacial score (nSPS) is 15.1. The van der Waals surface area contributed by atoms with E-state index < -0.39 is 0 Å². The van der Waals surface area contributed by atoms with E-state index in [1.807, 2.05) is 36.5 Å². The van der Waals surface area contributed by atoms with E-state index >= 15 is 0 Å². The molecular weight excluding hydrogens is 526 g/mol. The lowest BCUT2D eigenvalue weighted by Crippen LogP contribution is -2.35. The Morgan fingerprint density at radius 1 is 1.02 bits per heavy atom. The molecule has 6 rings (SSSR count). The molecule has 1 saturated heterocycles. The fourth-order valence-electron chi connectivity index (χ4n) is 5.19. The van der Waals surface area contributed by atoms with Crippen molar-refractivity contribution in [3.05, 3.63) is 77.3 Å². The van der Waals surface area contributed by atoms with E-state index in [1.54, 1.807) is 24.7 Å². The summed E-state index contributed by atoms with van der Waals surface area (Å²) >= 11 is 6.38. The van der Waals surface area contributed by atoms with Gasteiger partial charge in [-0.3, -0.25) is 9.78 Å². The number of pyridine rings is 2. The van der Waals surface area contributed by atoms with Crippen LogP contribution in [-0.4, -0.2) is 38.9 Å². The van der Waals surface area contributed by atoms with E-state index in [4.69, 9.17) is 17.3 Å². The first-order chi connectivity index (χ1) is 19.5. The number of aromatic nitrogens is 4. The Kier molecular flexibility index (Phi) is 7.33. The van der Waals surface area contributed by atoms with Crippen molar-refractivity contribution in [3.8, 4) is 0 Å². The van der Waals surface area contributed by atoms with Crippen LogP contribution in [-0.2, 0) is 17.6 Å². The topological polar surface area (TPSA) is 134 Å². The van der Waals surface area contributed by atoms with Crippen molar-refractivity contribution in [1.82, 2.24) is 19.9 Å². The fourth-order valence-corrected chi connectivity index (χ4v) is 5.33. The van der Waals surface area contributed by atoms with Crippen LogP contribution in [0.25, 0.3) is 0 Å². The minimum atomic E-state index is 0.0248. The van der Waals surface area contributed by atoms with E-state index in [1.165, 1.54) is 0 Å². The van der Waals surface area contributed by atoms with Crippen molar-refractivity contribution in [1.29, 1.82) is 0 Å². The van der Waals surface area contributed by atoms with Crippen LogP contribution in [0.1, 0.15) is 30.4 Å². The highest BCUT2D eigenvalue weighted by molar-refractivity contribution is 6.32. The number of hydrogen-bond acceptors (Lipinski definition) is 9. The molecule has 2 aliphatic heterocycles. The average Bonchev–Trinajstić information content (AvgIpc) is 2.95. The minimum Gasteiger partial charge on any atom is -0.399 e. The summed E-state index contributed by atoms with van der Waals surface area (Å²) in [4.78, 5) is 33.0. The quantitative estimate of drug-likeness (QED) is 0.263. The molecule has 4 aromatic rings. The molecule has 40 heavy (non-hydrogen) atoms. The largest absolute Gasteiger partial charge is 0.399 e. The number of nitrogens with one attached hydrogen (secondary N) is 3. The molecule has 1 fully saturated rings. The second-order valence-corrected chi connectivity index (χ2v) is 10.6. The van der Waals surface area contributed by atoms with Gasteiger partial charge in [0.15, 0.2) is 5.82 Å². The molecule has 0 saturated carbocycles. The van der Waals surface area contributed by atoms with Gasteiger partial charge in [0.05, 0.1) is 18.1 Å². The monoisotopic (exact) mass is 555 g/mol. The van der Waals surface area contributed by atoms with Crippen LogP contribution in [0.2, 0.25) is 5.02 Å². The zero-order valence-corrected chi connectivity index (χ0v) is 22.7. The third-order valence-corrected chi connectivity index (χ3v) is 7.58. The molecule has 10 nitrogen and oxygen atoms in total. The van der Waals surface area contributed by atoms with Crippen molar-refractivity contribution in [3.63, 3.8) is 0 Å². The van der Waals surface area contributed by atoms with Gasteiger partial charge in [-0.05, 0) is 73.1 Å². The van der Waals surface area contributed by atoms with Gasteiger partial charge in [-0.1, -0.05) is 11.6 Å². The molecule has 0 radical (unpaired) electrons. The van der Waals surface area contributed by atoms with Crippen molar-refractivity contribution in [2.75, 3.05) is 39.7 Å². The Hall–Kier alpha value is -4.44. The van der Waals surface area contributed by atoms with Crippen LogP contribution in [0.5, 0.6) is 0 Å². The number of amides is 1. The zero-order chi connectivity index (χ0) is 27.5. The molecule has 0 spiro atoms. The highest BCUT2D eigenvalue weighted by Crippen LogP contribution is 2.30. The lowest BCUT2D eigenvalue weighted by molar-refractivity contribution is -0.117. The number of aryl methyl sites for hydroxylation is 2. The number of carbonyl (C=O) groups excluding carboxylic acids is 1. The molecule has 1 aromatic carbocycles. The van der Waals surface area contributed by atoms with Crippen molar-refractivity contribution in [2.45, 2.75) is 32.1 Å². The maximum absolute atomic E-state index is 13.2. The van der Waals surface area contributed by atoms with Gasteiger partial charge in [0.1, 0.15) is 10.8 Å². The first-order valence-electron chi connectivity index (χ1n) is 13.4. The summed E-state index contributed by atoms with van der Waals surface area (Å²) in [6.07, 6.45) is 10.7. The number of halogens is 1. The maximum Gasteiger partial charge on any atom is 0.229 e. The molecule has 0 unspecified atom stereocenters. The predicted molar refractivity (Wildman–Crippen MR) is 159 cm³/mol. The van der Waals surface area contributed by atoms with E-state index in [2.05, 4.69) is 40.8 Å². The number of carbonyl (C=O) groups is 1. The van der Waals surface area contributed by atoms with E-state index in [-0.39, 0.29) is 5.91 Å². The summed E-state index contributed by atoms with van der Waals surface area (Å²) < 4.78 is 0. The Morgan fingerprint density at radius 3 is 2.75 bits per heavy atom. The zero-order valence-electron chi connectivity index (χ0n) is 21.9. The number of nitrogens with two attached hydrogens (primary N) is 1. The molecule has 11 heteroatoms. The van der Waals surface area contributed by atoms with Gasteiger partial charge >= 0.3 is 0 Å². The predicted octanol–water partition coefficient (Wildman–Crippen LogP) is 5.33. The number of nitrogens with zero attached hydrogens (tertiary/aromatic N) is 5. The van der Waals surface area contributed by atoms with Gasteiger partial charge < -0.3 is 26.6 Å². The smallest absolute Gasteiger partial charge is 0.229 e. The summed E-state index contributed by atoms with van der Waals surface area (Å²) in [5.41, 5.74) is 11.1. The average molecular weight is 556 g/mol. The molecule has 3 aromatic heterocycles. The van der Waals surface area contributed by atoms with Gasteiger partial charge in [0.2, 0.25) is 11.9 Å². The van der Waals surface area contributed by atoms with Crippen molar-refractivity contribution in [2.24, 2.45) is 5.92 Å². The van der Waals surface area contributed by atoms with Crippen molar-refractivity contribution >= 4 is 57.8 Å². The molecule has 2 aliphatic rings. The standard InChI is InChI=1S/C29H30ClN9O/c30-24-17-34-29-36-23-11-19(15-32-16-23)1-2-20-13-22(35-28(24)38-29)3-4-25(20)37-27(40)12-18-6-9-39(10-7-18)26-14-21(31)5-8-33-26/h3-5,8,11,13-18H,1-2,6-7,9-10,12H2,(H2,31,33)(H,37,40)(H2,34,35,36,38). The lowest BCUT2D eigenvalue weighted by Gasteiger charge is -2.32. The molecule has 5 heterocycles. The summed E-state index contributed by atoms with van der Waals surface area (Å²) in [7, 11) is 0. The van der Waals surface area contributed by atoms with Gasteiger partial charge in [-0.25, -0.2) is 9.97 Å². The van der Waals surface area contributed by atoms with Crippen LogP contribution in [0.3, 0.4) is 0 Å². The summed E-state index contributed by atoms with van der Waals surface area (Å²) in [6, 6.07) is 11.6. The van der Waals surface area contributed by atoms with E-state index in [0.717, 1.165) is 72.8 Å². The second-order valence-electron chi connectivity index (χ2n) is 10.2. The highest BCUT2D eigenvalue weighted by Gasteiger charge is 2.23. The number of benzene rings is 1. The molecule has 0 aliphatic carbocycles. The van der Waals surface area contributed by atoms with Crippen molar-refractivity contribution < 1.29 is 4.79 Å². The number of fused-ring (bicyclic) bond motifs is 6. The van der Waals surface area contributed by atoms with Gasteiger partial charge in [0, 0.05) is 55.0 Å². The Bertz CT molecular complexity index is 1540. The van der Waals surface area contributed by atoms with Gasteiger partial charge in [-0.2, -0.15) is 4.98 Å². The molecule has 1 amide bonds. The van der Waals surface area contributed by atoms with Crippen LogP contribution < -0.4 is 26.6 Å². The molecule has 5 N–H and O–H groups in total. The number of anilines is 7. The Morgan fingerprint density at radius 2 is 1.90 bits per heavy atom. The fraction of sp³-hybridized carbons (Fsp3) is 0.276. The lowest BCUT2D eigenvalue weighted by atomic mass is 9.93. The first-order valence-corrected chi connectivity index (χ1v) is 13.8. The molecule has 204 valence electrons. The third-order valence-electron chi connectivity index (χ3n) is 7.30. The first kappa shape index (κ1) is 25.8. The number of rotatable bonds is 4. The third kappa shape index (κ3) is 6.07. The summed E-state index contributed by atoms with van der Waals surface area (Å²) in [5, 5.41) is 10.1. The Labute approximate surface area is 237 Å². The summed E-state index contributed by atoms with van der Waals surface area (Å²) in [5.74, 6) is 2.15. The molecule has 0 atom stereocenters. The van der Waals surface area contributed by atoms with Gasteiger partial charge in [0.25, 0.3) is 0 Å². The van der Waals surface area contributed by atoms with E-state index in [9.17, 15) is 4.79 Å². The second kappa shape index (κ2) is 11.4. The van der Waals surface area contributed by atoms with Crippen LogP contribution in [0, 0.1) is 5.92 Å². The minimum absolute atomic E-state index is 0.0248. The maximum atomic E-state index is 13.2. The van der Waals surface area contributed by atoms with Crippen LogP contribution in [0.15, 0.2) is 61.2 Å². The van der Waals surface area contributed by atoms with E-state index in [0.29, 0.717) is 34.8 Å². The Balaban J connectivity index is 1.16. The van der Waals surface area contributed by atoms with Gasteiger partial charge in [-0.15, -0.1) is 0 Å². The SMILES string of the molecule is Nc1ccnc(N2CCC(CC(=O)Nc3ccc4cc3CCc3cncc(c3)Nc3ncc(Cl)c(n3)N4)CC2)c1. The van der Waals surface area contributed by atoms with Crippen LogP contribution in [0.4, 0.5) is 40.3 Å². The number of piperidine rings is 1. The molecular formula is C29H30ClN9O. The number of nitrogen functional groups attached to an aromatic ring is 1. The number of hydrogen-bond donors (Lipinski definition) is 4. The molecule has 6 bridgehead atoms. The summed E-state index contributed by atoms with van der Waals surface area (Å²) in [6.45, 7) is 1.71.